The van der Waals surface area contributed by atoms with E-state index >= 15 is 0 Å². The number of benzene rings is 2. The van der Waals surface area contributed by atoms with Crippen molar-refractivity contribution >= 4 is 17.5 Å². The summed E-state index contributed by atoms with van der Waals surface area (Å²) in [6, 6.07) is 13.7. The second kappa shape index (κ2) is 8.76. The van der Waals surface area contributed by atoms with E-state index in [0.29, 0.717) is 23.4 Å². The zero-order valence-corrected chi connectivity index (χ0v) is 15.5. The molecule has 3 aromatic rings. The molecule has 0 fully saturated rings. The van der Waals surface area contributed by atoms with Crippen molar-refractivity contribution in [2.45, 2.75) is 12.5 Å². The Morgan fingerprint density at radius 1 is 1.18 bits per heavy atom. The first-order chi connectivity index (χ1) is 13.6. The van der Waals surface area contributed by atoms with Crippen molar-refractivity contribution in [1.82, 2.24) is 25.5 Å². The molecule has 9 heteroatoms. The van der Waals surface area contributed by atoms with E-state index in [0.717, 1.165) is 5.56 Å². The molecule has 0 aliphatic heterocycles. The number of tetrazole rings is 1. The number of carbonyl (C=O) groups is 2. The molecule has 3 rings (SSSR count). The highest BCUT2D eigenvalue weighted by atomic mass is 16.5. The van der Waals surface area contributed by atoms with E-state index in [4.69, 9.17) is 4.74 Å². The number of methoxy groups -OCH3 is 1. The average molecular weight is 380 g/mol. The quantitative estimate of drug-likeness (QED) is 0.642. The van der Waals surface area contributed by atoms with Crippen LogP contribution in [0.4, 0.5) is 5.69 Å². The largest absolute Gasteiger partial charge is 0.495 e. The van der Waals surface area contributed by atoms with Gasteiger partial charge in [-0.1, -0.05) is 30.3 Å². The lowest BCUT2D eigenvalue weighted by atomic mass is 10.1. The van der Waals surface area contributed by atoms with Crippen LogP contribution in [-0.2, 0) is 11.2 Å². The second-order valence-electron chi connectivity index (χ2n) is 5.98. The monoisotopic (exact) mass is 380 g/mol. The van der Waals surface area contributed by atoms with Gasteiger partial charge < -0.3 is 15.4 Å². The van der Waals surface area contributed by atoms with Gasteiger partial charge in [0.1, 0.15) is 18.1 Å². The third-order valence-corrected chi connectivity index (χ3v) is 4.21. The van der Waals surface area contributed by atoms with Gasteiger partial charge in [-0.3, -0.25) is 9.59 Å². The summed E-state index contributed by atoms with van der Waals surface area (Å²) in [5, 5.41) is 16.5. The minimum absolute atomic E-state index is 0.264. The molecule has 0 bridgehead atoms. The van der Waals surface area contributed by atoms with Gasteiger partial charge in [-0.2, -0.15) is 0 Å². The van der Waals surface area contributed by atoms with Gasteiger partial charge in [-0.25, -0.2) is 4.68 Å². The molecular weight excluding hydrogens is 360 g/mol. The summed E-state index contributed by atoms with van der Waals surface area (Å²) >= 11 is 0. The summed E-state index contributed by atoms with van der Waals surface area (Å²) in [5.41, 5.74) is 1.75. The molecule has 2 N–H and O–H groups in total. The summed E-state index contributed by atoms with van der Waals surface area (Å²) in [7, 11) is 3.03. The Bertz CT molecular complexity index is 944. The molecular formula is C19H20N6O3. The number of carbonyl (C=O) groups excluding carboxylic acids is 2. The predicted molar refractivity (Wildman–Crippen MR) is 102 cm³/mol. The third kappa shape index (κ3) is 4.32. The minimum Gasteiger partial charge on any atom is -0.495 e. The predicted octanol–water partition coefficient (Wildman–Crippen LogP) is 1.46. The number of aromatic nitrogens is 4. The van der Waals surface area contributed by atoms with E-state index in [-0.39, 0.29) is 11.8 Å². The standard InChI is InChI=1S/C19H20N6O3/c1-20-18(26)14-8-9-17(28-2)15(11-14)22-19(27)16(25-12-21-23-24-25)10-13-6-4-3-5-7-13/h3-9,11-12,16H,10H2,1-2H3,(H,20,26)(H,22,27)/t16-/m0/s1. The van der Waals surface area contributed by atoms with Crippen molar-refractivity contribution in [2.24, 2.45) is 0 Å². The first kappa shape index (κ1) is 19.0. The summed E-state index contributed by atoms with van der Waals surface area (Å²) in [4.78, 5) is 25.0. The van der Waals surface area contributed by atoms with Crippen molar-refractivity contribution in [2.75, 3.05) is 19.5 Å². The van der Waals surface area contributed by atoms with Gasteiger partial charge in [0.25, 0.3) is 5.91 Å². The number of nitrogens with one attached hydrogen (secondary N) is 2. The highest BCUT2D eigenvalue weighted by Gasteiger charge is 2.24. The average Bonchev–Trinajstić information content (AvgIpc) is 3.26. The number of amides is 2. The van der Waals surface area contributed by atoms with Crippen LogP contribution in [0.1, 0.15) is 22.0 Å². The molecule has 0 radical (unpaired) electrons. The van der Waals surface area contributed by atoms with Gasteiger partial charge in [0.2, 0.25) is 5.91 Å². The number of rotatable bonds is 7. The number of hydrogen-bond donors (Lipinski definition) is 2. The van der Waals surface area contributed by atoms with Crippen LogP contribution in [0.2, 0.25) is 0 Å². The van der Waals surface area contributed by atoms with E-state index in [1.165, 1.54) is 18.1 Å². The van der Waals surface area contributed by atoms with Crippen LogP contribution in [0.3, 0.4) is 0 Å². The zero-order valence-electron chi connectivity index (χ0n) is 15.5. The van der Waals surface area contributed by atoms with Crippen molar-refractivity contribution in [3.8, 4) is 5.75 Å². The molecule has 144 valence electrons. The van der Waals surface area contributed by atoms with Crippen LogP contribution in [0.15, 0.2) is 54.9 Å². The Balaban J connectivity index is 1.88. The molecule has 0 aliphatic carbocycles. The maximum atomic E-state index is 13.1. The molecule has 0 spiro atoms. The maximum absolute atomic E-state index is 13.1. The summed E-state index contributed by atoms with van der Waals surface area (Å²) in [6.07, 6.45) is 1.79. The molecule has 1 aromatic heterocycles. The lowest BCUT2D eigenvalue weighted by Gasteiger charge is -2.18. The van der Waals surface area contributed by atoms with E-state index < -0.39 is 6.04 Å². The van der Waals surface area contributed by atoms with Gasteiger partial charge in [-0.05, 0) is 34.2 Å². The Kier molecular flexibility index (Phi) is 5.95. The van der Waals surface area contributed by atoms with Crippen molar-refractivity contribution in [3.63, 3.8) is 0 Å². The maximum Gasteiger partial charge on any atom is 0.251 e. The number of ether oxygens (including phenoxy) is 1. The Morgan fingerprint density at radius 3 is 2.61 bits per heavy atom. The molecule has 0 saturated heterocycles. The Morgan fingerprint density at radius 2 is 1.96 bits per heavy atom. The Hall–Kier alpha value is -3.75. The first-order valence-electron chi connectivity index (χ1n) is 8.59. The summed E-state index contributed by atoms with van der Waals surface area (Å²) in [6.45, 7) is 0. The lowest BCUT2D eigenvalue weighted by molar-refractivity contribution is -0.119. The minimum atomic E-state index is -0.675. The van der Waals surface area contributed by atoms with Gasteiger partial charge in [0.15, 0.2) is 0 Å². The van der Waals surface area contributed by atoms with E-state index in [1.807, 2.05) is 30.3 Å². The normalized spacial score (nSPS) is 11.5. The highest BCUT2D eigenvalue weighted by molar-refractivity contribution is 5.99. The smallest absolute Gasteiger partial charge is 0.251 e. The second-order valence-corrected chi connectivity index (χ2v) is 5.98. The van der Waals surface area contributed by atoms with Crippen LogP contribution >= 0.6 is 0 Å². The molecule has 2 aromatic carbocycles. The van der Waals surface area contributed by atoms with Gasteiger partial charge in [-0.15, -0.1) is 5.10 Å². The highest BCUT2D eigenvalue weighted by Crippen LogP contribution is 2.27. The molecule has 0 saturated carbocycles. The van der Waals surface area contributed by atoms with Gasteiger partial charge in [0.05, 0.1) is 12.8 Å². The number of anilines is 1. The third-order valence-electron chi connectivity index (χ3n) is 4.21. The van der Waals surface area contributed by atoms with E-state index in [1.54, 1.807) is 25.2 Å². The van der Waals surface area contributed by atoms with Crippen LogP contribution < -0.4 is 15.4 Å². The molecule has 9 nitrogen and oxygen atoms in total. The first-order valence-corrected chi connectivity index (χ1v) is 8.59. The van der Waals surface area contributed by atoms with Crippen molar-refractivity contribution in [1.29, 1.82) is 0 Å². The van der Waals surface area contributed by atoms with E-state index in [2.05, 4.69) is 26.2 Å². The zero-order chi connectivity index (χ0) is 19.9. The van der Waals surface area contributed by atoms with E-state index in [9.17, 15) is 9.59 Å². The number of nitrogens with zero attached hydrogens (tertiary/aromatic N) is 4. The summed E-state index contributed by atoms with van der Waals surface area (Å²) < 4.78 is 6.71. The van der Waals surface area contributed by atoms with Crippen LogP contribution in [0.25, 0.3) is 0 Å². The fourth-order valence-electron chi connectivity index (χ4n) is 2.76. The van der Waals surface area contributed by atoms with Crippen LogP contribution in [-0.4, -0.2) is 46.2 Å². The SMILES string of the molecule is CNC(=O)c1ccc(OC)c(NC(=O)[C@H](Cc2ccccc2)n2cnnn2)c1. The molecule has 28 heavy (non-hydrogen) atoms. The molecule has 0 aliphatic rings. The van der Waals surface area contributed by atoms with Crippen LogP contribution in [0.5, 0.6) is 5.75 Å². The van der Waals surface area contributed by atoms with Gasteiger partial charge in [0, 0.05) is 19.0 Å². The lowest BCUT2D eigenvalue weighted by Crippen LogP contribution is -2.29. The van der Waals surface area contributed by atoms with Crippen molar-refractivity contribution in [3.05, 3.63) is 66.0 Å². The molecule has 1 atom stereocenters. The molecule has 2 amide bonds. The number of hydrogen-bond acceptors (Lipinski definition) is 6. The summed E-state index contributed by atoms with van der Waals surface area (Å²) in [5.74, 6) is -0.154. The fraction of sp³-hybridized carbons (Fsp3) is 0.211. The van der Waals surface area contributed by atoms with Crippen LogP contribution in [0, 0.1) is 0 Å². The van der Waals surface area contributed by atoms with Gasteiger partial charge >= 0.3 is 0 Å². The fourth-order valence-corrected chi connectivity index (χ4v) is 2.76. The molecule has 0 unspecified atom stereocenters. The topological polar surface area (TPSA) is 111 Å². The molecule has 1 heterocycles. The van der Waals surface area contributed by atoms with Crippen molar-refractivity contribution < 1.29 is 14.3 Å². The Labute approximate surface area is 161 Å².